The number of anilines is 3. The molecule has 0 unspecified atom stereocenters. The summed E-state index contributed by atoms with van der Waals surface area (Å²) >= 11 is 0. The molecule has 0 atom stereocenters. The average Bonchev–Trinajstić information content (AvgIpc) is 3.86. The predicted molar refractivity (Wildman–Crippen MR) is 299 cm³/mol. The normalized spacial score (nSPS) is 13.7. The van der Waals surface area contributed by atoms with Gasteiger partial charge in [0, 0.05) is 22.5 Å². The Balaban J connectivity index is 0.925. The van der Waals surface area contributed by atoms with Crippen LogP contribution in [-0.4, -0.2) is 0 Å². The number of rotatable bonds is 7. The maximum Gasteiger partial charge on any atom is 0.0713 e. The first kappa shape index (κ1) is 41.2. The summed E-state index contributed by atoms with van der Waals surface area (Å²) in [5.74, 6) is 0. The van der Waals surface area contributed by atoms with Crippen LogP contribution in [0.3, 0.4) is 0 Å². The Bertz CT molecular complexity index is 3980. The Kier molecular flexibility index (Phi) is 9.22. The van der Waals surface area contributed by atoms with Crippen LogP contribution in [0, 0.1) is 0 Å². The summed E-state index contributed by atoms with van der Waals surface area (Å²) < 4.78 is 0. The van der Waals surface area contributed by atoms with Crippen LogP contribution in [0.2, 0.25) is 0 Å². The Morgan fingerprint density at radius 2 is 0.648 bits per heavy atom. The molecule has 1 heteroatoms. The van der Waals surface area contributed by atoms with E-state index in [1.807, 2.05) is 0 Å². The Labute approximate surface area is 415 Å². The van der Waals surface area contributed by atoms with Crippen LogP contribution in [0.4, 0.5) is 17.1 Å². The third kappa shape index (κ3) is 6.13. The summed E-state index contributed by atoms with van der Waals surface area (Å²) in [5, 5.41) is 7.57. The maximum absolute atomic E-state index is 2.51. The molecular formula is C70H49N. The molecule has 0 bridgehead atoms. The second kappa shape index (κ2) is 15.9. The monoisotopic (exact) mass is 903 g/mol. The van der Waals surface area contributed by atoms with Crippen LogP contribution >= 0.6 is 0 Å². The van der Waals surface area contributed by atoms with Gasteiger partial charge < -0.3 is 4.90 Å². The summed E-state index contributed by atoms with van der Waals surface area (Å²) in [6.45, 7) is 4.80. The van der Waals surface area contributed by atoms with E-state index in [1.165, 1.54) is 110 Å². The van der Waals surface area contributed by atoms with Crippen molar-refractivity contribution in [2.75, 3.05) is 4.90 Å². The minimum Gasteiger partial charge on any atom is -0.310 e. The van der Waals surface area contributed by atoms with Crippen LogP contribution in [0.5, 0.6) is 0 Å². The van der Waals surface area contributed by atoms with E-state index < -0.39 is 5.41 Å². The molecule has 2 aliphatic carbocycles. The summed E-state index contributed by atoms with van der Waals surface area (Å²) in [4.78, 5) is 2.37. The molecule has 14 rings (SSSR count). The van der Waals surface area contributed by atoms with Gasteiger partial charge in [-0.25, -0.2) is 0 Å². The number of nitrogens with zero attached hydrogens (tertiary/aromatic N) is 1. The molecule has 0 heterocycles. The molecule has 0 N–H and O–H groups in total. The molecule has 0 aromatic heterocycles. The lowest BCUT2D eigenvalue weighted by Gasteiger charge is -2.34. The van der Waals surface area contributed by atoms with Crippen molar-refractivity contribution >= 4 is 49.4 Å². The van der Waals surface area contributed by atoms with Gasteiger partial charge in [-0.3, -0.25) is 0 Å². The molecule has 0 spiro atoms. The van der Waals surface area contributed by atoms with Crippen molar-refractivity contribution in [1.82, 2.24) is 0 Å². The zero-order valence-corrected chi connectivity index (χ0v) is 39.8. The summed E-state index contributed by atoms with van der Waals surface area (Å²) in [6, 6.07) is 97.3. The van der Waals surface area contributed by atoms with Crippen molar-refractivity contribution in [3.63, 3.8) is 0 Å². The van der Waals surface area contributed by atoms with Crippen molar-refractivity contribution < 1.29 is 0 Å². The minimum atomic E-state index is -0.475. The topological polar surface area (TPSA) is 3.24 Å². The first-order valence-electron chi connectivity index (χ1n) is 24.9. The van der Waals surface area contributed by atoms with Gasteiger partial charge in [-0.1, -0.05) is 214 Å². The standard InChI is InChI=1S/C70H49N/c1-69(2)66-41-46(35-38-58(66)59-40-37-52(43-67(59)69)71(50-25-11-5-12-26-50)51-27-13-6-14-28-51)61-44-63-56-32-18-16-30-54(56)62(45-64(63)55-31-17-15-29-53(55)61)47-36-39-60-57-33-19-20-34-65(57)70(68(60)42-47,48-21-7-3-8-22-48)49-23-9-4-10-24-49/h3-45H,1-2H3. The SMILES string of the molecule is CC1(C)c2cc(-c3cc4c5ccccc5c(-c5ccc6c(c5)C(c5ccccc5)(c5ccccc5)c5ccccc5-6)cc4c4ccccc34)ccc2-c2ccc(N(c3ccccc3)c3ccccc3)cc21. The van der Waals surface area contributed by atoms with Crippen molar-refractivity contribution in [1.29, 1.82) is 0 Å². The van der Waals surface area contributed by atoms with Crippen LogP contribution in [0.1, 0.15) is 47.2 Å². The molecular weight excluding hydrogens is 855 g/mol. The second-order valence-corrected chi connectivity index (χ2v) is 19.9. The highest BCUT2D eigenvalue weighted by molar-refractivity contribution is 6.24. The molecule has 0 aliphatic heterocycles. The third-order valence-corrected chi connectivity index (χ3v) is 15.9. The minimum absolute atomic E-state index is 0.222. The predicted octanol–water partition coefficient (Wildman–Crippen LogP) is 18.6. The van der Waals surface area contributed by atoms with Crippen LogP contribution in [-0.2, 0) is 10.8 Å². The van der Waals surface area contributed by atoms with Gasteiger partial charge in [0.1, 0.15) is 0 Å². The maximum atomic E-state index is 2.51. The molecule has 1 nitrogen and oxygen atoms in total. The molecule has 0 fully saturated rings. The first-order valence-corrected chi connectivity index (χ1v) is 24.9. The highest BCUT2D eigenvalue weighted by Gasteiger charge is 2.46. The molecule has 0 saturated heterocycles. The van der Waals surface area contributed by atoms with Crippen LogP contribution in [0.15, 0.2) is 261 Å². The summed E-state index contributed by atoms with van der Waals surface area (Å²) in [6.07, 6.45) is 0. The number of fused-ring (bicyclic) bond motifs is 11. The fraction of sp³-hybridized carbons (Fsp3) is 0.0571. The van der Waals surface area contributed by atoms with E-state index in [0.29, 0.717) is 0 Å². The Morgan fingerprint density at radius 1 is 0.254 bits per heavy atom. The number of benzene rings is 12. The fourth-order valence-corrected chi connectivity index (χ4v) is 12.7. The molecule has 2 aliphatic rings. The van der Waals surface area contributed by atoms with E-state index in [0.717, 1.165) is 17.1 Å². The number of hydrogen-bond acceptors (Lipinski definition) is 1. The van der Waals surface area contributed by atoms with Gasteiger partial charge in [-0.15, -0.1) is 0 Å². The van der Waals surface area contributed by atoms with Gasteiger partial charge in [0.25, 0.3) is 0 Å². The molecule has 334 valence electrons. The van der Waals surface area contributed by atoms with Crippen LogP contribution < -0.4 is 4.90 Å². The van der Waals surface area contributed by atoms with Gasteiger partial charge in [-0.05, 0) is 171 Å². The summed E-state index contributed by atoms with van der Waals surface area (Å²) in [5.41, 5.74) is 20.8. The first-order chi connectivity index (χ1) is 35.0. The van der Waals surface area contributed by atoms with Gasteiger partial charge in [0.15, 0.2) is 0 Å². The summed E-state index contributed by atoms with van der Waals surface area (Å²) in [7, 11) is 0. The van der Waals surface area contributed by atoms with E-state index in [-0.39, 0.29) is 5.41 Å². The average molecular weight is 904 g/mol. The smallest absolute Gasteiger partial charge is 0.0713 e. The van der Waals surface area contributed by atoms with Gasteiger partial charge >= 0.3 is 0 Å². The zero-order valence-electron chi connectivity index (χ0n) is 39.8. The molecule has 0 amide bonds. The zero-order chi connectivity index (χ0) is 47.3. The van der Waals surface area contributed by atoms with E-state index in [9.17, 15) is 0 Å². The van der Waals surface area contributed by atoms with E-state index in [1.54, 1.807) is 0 Å². The van der Waals surface area contributed by atoms with Crippen molar-refractivity contribution in [2.24, 2.45) is 0 Å². The Morgan fingerprint density at radius 3 is 1.18 bits per heavy atom. The number of para-hydroxylation sites is 2. The van der Waals surface area contributed by atoms with Gasteiger partial charge in [0.2, 0.25) is 0 Å². The van der Waals surface area contributed by atoms with Crippen molar-refractivity contribution in [3.8, 4) is 44.5 Å². The lowest BCUT2D eigenvalue weighted by atomic mass is 9.67. The third-order valence-electron chi connectivity index (χ3n) is 15.9. The lowest BCUT2D eigenvalue weighted by molar-refractivity contribution is 0.660. The van der Waals surface area contributed by atoms with Gasteiger partial charge in [-0.2, -0.15) is 0 Å². The molecule has 12 aromatic carbocycles. The number of hydrogen-bond donors (Lipinski definition) is 0. The highest BCUT2D eigenvalue weighted by atomic mass is 15.1. The quantitative estimate of drug-likeness (QED) is 0.144. The lowest BCUT2D eigenvalue weighted by Crippen LogP contribution is -2.28. The second-order valence-electron chi connectivity index (χ2n) is 19.9. The van der Waals surface area contributed by atoms with E-state index in [4.69, 9.17) is 0 Å². The largest absolute Gasteiger partial charge is 0.310 e. The Hall–Kier alpha value is -8.78. The molecule has 0 radical (unpaired) electrons. The van der Waals surface area contributed by atoms with Crippen LogP contribution in [0.25, 0.3) is 76.8 Å². The fourth-order valence-electron chi connectivity index (χ4n) is 12.7. The molecule has 71 heavy (non-hydrogen) atoms. The van der Waals surface area contributed by atoms with Crippen molar-refractivity contribution in [2.45, 2.75) is 24.7 Å². The van der Waals surface area contributed by atoms with E-state index >= 15 is 0 Å². The molecule has 12 aromatic rings. The van der Waals surface area contributed by atoms with E-state index in [2.05, 4.69) is 280 Å². The van der Waals surface area contributed by atoms with Gasteiger partial charge in [0.05, 0.1) is 5.41 Å². The highest BCUT2D eigenvalue weighted by Crippen LogP contribution is 2.58. The van der Waals surface area contributed by atoms with Crippen molar-refractivity contribution in [3.05, 3.63) is 294 Å². The molecule has 0 saturated carbocycles.